The van der Waals surface area contributed by atoms with Crippen molar-refractivity contribution in [3.8, 4) is 0 Å². The summed E-state index contributed by atoms with van der Waals surface area (Å²) < 4.78 is 35.6. The van der Waals surface area contributed by atoms with Crippen LogP contribution in [0.1, 0.15) is 56.1 Å². The minimum atomic E-state index is -0.404. The summed E-state index contributed by atoms with van der Waals surface area (Å²) >= 11 is 0. The molecule has 4 heterocycles. The van der Waals surface area contributed by atoms with Crippen molar-refractivity contribution in [2.24, 2.45) is 0 Å². The van der Waals surface area contributed by atoms with Crippen molar-refractivity contribution in [1.29, 1.82) is 0 Å². The van der Waals surface area contributed by atoms with Gasteiger partial charge in [-0.3, -0.25) is 9.88 Å². The summed E-state index contributed by atoms with van der Waals surface area (Å²) in [6.07, 6.45) is 2.97. The molecule has 10 heteroatoms. The summed E-state index contributed by atoms with van der Waals surface area (Å²) in [5, 5.41) is 0. The van der Waals surface area contributed by atoms with E-state index in [1.54, 1.807) is 24.3 Å². The Labute approximate surface area is 238 Å². The topological polar surface area (TPSA) is 79.3 Å². The fourth-order valence-electron chi connectivity index (χ4n) is 6.45. The molecule has 2 aromatic carbocycles. The predicted molar refractivity (Wildman–Crippen MR) is 154 cm³/mol. The van der Waals surface area contributed by atoms with Crippen LogP contribution in [0.5, 0.6) is 0 Å². The number of imidazole rings is 1. The van der Waals surface area contributed by atoms with Gasteiger partial charge < -0.3 is 14.2 Å². The van der Waals surface area contributed by atoms with Gasteiger partial charge in [0.05, 0.1) is 18.7 Å². The molecule has 0 spiro atoms. The molecule has 0 amide bonds. The van der Waals surface area contributed by atoms with Crippen molar-refractivity contribution < 1.29 is 13.5 Å². The summed E-state index contributed by atoms with van der Waals surface area (Å²) in [4.78, 5) is 29.7. The number of nitrogens with zero attached hydrogens (tertiary/aromatic N) is 5. The van der Waals surface area contributed by atoms with E-state index in [9.17, 15) is 13.6 Å². The zero-order chi connectivity index (χ0) is 28.7. The third-order valence-electron chi connectivity index (χ3n) is 8.54. The third kappa shape index (κ3) is 5.38. The minimum Gasteiger partial charge on any atom is -0.376 e. The molecule has 3 atom stereocenters. The van der Waals surface area contributed by atoms with Crippen LogP contribution in [0.3, 0.4) is 0 Å². The van der Waals surface area contributed by atoms with Crippen LogP contribution in [0.4, 0.5) is 14.6 Å². The molecule has 0 bridgehead atoms. The Kier molecular flexibility index (Phi) is 7.61. The average molecular weight is 563 g/mol. The van der Waals surface area contributed by atoms with E-state index in [4.69, 9.17) is 9.72 Å². The number of aromatic nitrogens is 4. The second kappa shape index (κ2) is 11.3. The Hall–Kier alpha value is -3.63. The second-order valence-corrected chi connectivity index (χ2v) is 11.2. The standard InChI is InChI=1S/C31H36F2N6O2/c1-4-25-17-37(29-27-30(36-31(40)35-29)38(20(3)34-27)18-26-6-5-15-41-26)19(2)16-39(25)28(21-7-11-23(32)12-8-21)22-9-13-24(33)14-10-22/h7-14,19,25-26,28H,4-6,15-18H2,1-3H3,(H,35,36,40)/t19-,25+,26-/m0/s1. The molecule has 0 radical (unpaired) electrons. The van der Waals surface area contributed by atoms with E-state index in [0.29, 0.717) is 36.6 Å². The van der Waals surface area contributed by atoms with Crippen LogP contribution in [0.2, 0.25) is 0 Å². The SMILES string of the molecule is CC[C@@H]1CN(c2nc(=O)[nH]c3c2nc(C)n3C[C@@H]2CCCO2)[C@@H](C)CN1C(c1ccc(F)cc1)c1ccc(F)cc1. The number of anilines is 1. The van der Waals surface area contributed by atoms with Gasteiger partial charge in [0, 0.05) is 31.8 Å². The molecule has 1 N–H and O–H groups in total. The number of nitrogens with one attached hydrogen (secondary N) is 1. The zero-order valence-corrected chi connectivity index (χ0v) is 23.7. The summed E-state index contributed by atoms with van der Waals surface area (Å²) in [6, 6.07) is 13.0. The Morgan fingerprint density at radius 3 is 2.27 bits per heavy atom. The van der Waals surface area contributed by atoms with E-state index in [-0.39, 0.29) is 35.9 Å². The van der Waals surface area contributed by atoms with Crippen LogP contribution in [0.25, 0.3) is 11.2 Å². The lowest BCUT2D eigenvalue weighted by Crippen LogP contribution is -2.58. The molecule has 2 aliphatic heterocycles. The van der Waals surface area contributed by atoms with E-state index in [0.717, 1.165) is 42.8 Å². The van der Waals surface area contributed by atoms with Crippen molar-refractivity contribution in [3.63, 3.8) is 0 Å². The van der Waals surface area contributed by atoms with Gasteiger partial charge >= 0.3 is 5.69 Å². The number of rotatable bonds is 7. The van der Waals surface area contributed by atoms with Crippen LogP contribution in [-0.2, 0) is 11.3 Å². The molecule has 41 heavy (non-hydrogen) atoms. The average Bonchev–Trinajstić information content (AvgIpc) is 3.59. The van der Waals surface area contributed by atoms with E-state index in [2.05, 4.69) is 33.6 Å². The lowest BCUT2D eigenvalue weighted by molar-refractivity contribution is 0.0973. The van der Waals surface area contributed by atoms with E-state index < -0.39 is 5.69 Å². The monoisotopic (exact) mass is 562 g/mol. The molecular weight excluding hydrogens is 526 g/mol. The Morgan fingerprint density at radius 1 is 1.02 bits per heavy atom. The number of hydrogen-bond acceptors (Lipinski definition) is 6. The van der Waals surface area contributed by atoms with Gasteiger partial charge in [-0.2, -0.15) is 4.98 Å². The zero-order valence-electron chi connectivity index (χ0n) is 23.7. The van der Waals surface area contributed by atoms with Crippen molar-refractivity contribution in [2.75, 3.05) is 24.6 Å². The molecule has 6 rings (SSSR count). The van der Waals surface area contributed by atoms with Crippen LogP contribution < -0.4 is 10.6 Å². The molecule has 2 fully saturated rings. The maximum atomic E-state index is 13.9. The molecule has 0 unspecified atom stereocenters. The van der Waals surface area contributed by atoms with Crippen molar-refractivity contribution in [3.05, 3.63) is 87.6 Å². The molecule has 0 saturated carbocycles. The van der Waals surface area contributed by atoms with Gasteiger partial charge in [0.25, 0.3) is 0 Å². The fraction of sp³-hybridized carbons (Fsp3) is 0.452. The number of ether oxygens (including phenoxy) is 1. The van der Waals surface area contributed by atoms with Crippen LogP contribution >= 0.6 is 0 Å². The number of hydrogen-bond donors (Lipinski definition) is 1. The summed E-state index contributed by atoms with van der Waals surface area (Å²) in [5.74, 6) is 0.806. The summed E-state index contributed by atoms with van der Waals surface area (Å²) in [5.41, 5.74) is 2.84. The first-order chi connectivity index (χ1) is 19.8. The van der Waals surface area contributed by atoms with Crippen LogP contribution in [0, 0.1) is 18.6 Å². The highest BCUT2D eigenvalue weighted by Gasteiger charge is 2.38. The number of aryl methyl sites for hydroxylation is 1. The Morgan fingerprint density at radius 2 is 1.68 bits per heavy atom. The highest BCUT2D eigenvalue weighted by Crippen LogP contribution is 2.36. The molecule has 2 aromatic heterocycles. The third-order valence-corrected chi connectivity index (χ3v) is 8.54. The van der Waals surface area contributed by atoms with E-state index in [1.807, 2.05) is 11.5 Å². The lowest BCUT2D eigenvalue weighted by Gasteiger charge is -2.49. The number of halogens is 2. The number of H-pyrrole nitrogens is 1. The fourth-order valence-corrected chi connectivity index (χ4v) is 6.45. The van der Waals surface area contributed by atoms with Gasteiger partial charge in [0.1, 0.15) is 28.6 Å². The second-order valence-electron chi connectivity index (χ2n) is 11.2. The van der Waals surface area contributed by atoms with Gasteiger partial charge in [-0.15, -0.1) is 0 Å². The van der Waals surface area contributed by atoms with Crippen LogP contribution in [0.15, 0.2) is 53.3 Å². The lowest BCUT2D eigenvalue weighted by atomic mass is 9.92. The van der Waals surface area contributed by atoms with Crippen molar-refractivity contribution in [1.82, 2.24) is 24.4 Å². The summed E-state index contributed by atoms with van der Waals surface area (Å²) in [7, 11) is 0. The molecule has 0 aliphatic carbocycles. The molecule has 2 aliphatic rings. The summed E-state index contributed by atoms with van der Waals surface area (Å²) in [6.45, 7) is 8.89. The van der Waals surface area contributed by atoms with Gasteiger partial charge in [-0.1, -0.05) is 31.2 Å². The van der Waals surface area contributed by atoms with Gasteiger partial charge in [0.2, 0.25) is 0 Å². The highest BCUT2D eigenvalue weighted by molar-refractivity contribution is 5.84. The molecule has 4 aromatic rings. The van der Waals surface area contributed by atoms with Gasteiger partial charge in [-0.25, -0.2) is 18.6 Å². The van der Waals surface area contributed by atoms with Crippen molar-refractivity contribution >= 4 is 17.0 Å². The van der Waals surface area contributed by atoms with Gasteiger partial charge in [-0.05, 0) is 68.5 Å². The molecular formula is C31H36F2N6O2. The first kappa shape index (κ1) is 27.5. The van der Waals surface area contributed by atoms with E-state index in [1.165, 1.54) is 24.3 Å². The van der Waals surface area contributed by atoms with Crippen LogP contribution in [-0.4, -0.2) is 62.3 Å². The van der Waals surface area contributed by atoms with Crippen molar-refractivity contribution in [2.45, 2.75) is 70.8 Å². The smallest absolute Gasteiger partial charge is 0.348 e. The van der Waals surface area contributed by atoms with E-state index >= 15 is 0 Å². The largest absolute Gasteiger partial charge is 0.376 e. The minimum absolute atomic E-state index is 0.0117. The molecule has 216 valence electrons. The number of aromatic amines is 1. The Balaban J connectivity index is 1.36. The first-order valence-corrected chi connectivity index (χ1v) is 14.4. The molecule has 8 nitrogen and oxygen atoms in total. The molecule has 2 saturated heterocycles. The quantitative estimate of drug-likeness (QED) is 0.343. The maximum Gasteiger partial charge on any atom is 0.348 e. The predicted octanol–water partition coefficient (Wildman–Crippen LogP) is 4.96. The maximum absolute atomic E-state index is 13.9. The highest BCUT2D eigenvalue weighted by atomic mass is 19.1. The number of fused-ring (bicyclic) bond motifs is 1. The first-order valence-electron chi connectivity index (χ1n) is 14.4. The normalized spacial score (nSPS) is 21.8. The van der Waals surface area contributed by atoms with Gasteiger partial charge in [0.15, 0.2) is 5.82 Å². The number of piperazine rings is 1. The number of benzene rings is 2. The Bertz CT molecular complexity index is 1520.